The van der Waals surface area contributed by atoms with Gasteiger partial charge in [0.05, 0.1) is 18.6 Å². The van der Waals surface area contributed by atoms with Crippen molar-refractivity contribution >= 4 is 5.97 Å². The number of hydrogen-bond donors (Lipinski definition) is 0. The molecule has 0 unspecified atom stereocenters. The van der Waals surface area contributed by atoms with Gasteiger partial charge in [0.25, 0.3) is 0 Å². The topological polar surface area (TPSA) is 50.1 Å². The van der Waals surface area contributed by atoms with Gasteiger partial charge in [-0.2, -0.15) is 5.26 Å². The first-order chi connectivity index (χ1) is 6.75. The van der Waals surface area contributed by atoms with Crippen LogP contribution in [-0.2, 0) is 9.53 Å². The Labute approximate surface area is 85.1 Å². The summed E-state index contributed by atoms with van der Waals surface area (Å²) < 4.78 is 4.85. The highest BCUT2D eigenvalue weighted by atomic mass is 16.5. The highest BCUT2D eigenvalue weighted by molar-refractivity contribution is 5.77. The molecule has 14 heavy (non-hydrogen) atoms. The Balaban J connectivity index is 2.54. The molecular formula is C11H17NO2. The van der Waals surface area contributed by atoms with Crippen molar-refractivity contribution in [1.29, 1.82) is 5.26 Å². The summed E-state index contributed by atoms with van der Waals surface area (Å²) in [6.07, 6.45) is 6.26. The molecule has 0 aromatic heterocycles. The van der Waals surface area contributed by atoms with Crippen LogP contribution in [-0.4, -0.2) is 13.1 Å². The summed E-state index contributed by atoms with van der Waals surface area (Å²) >= 11 is 0. The second-order valence-electron chi connectivity index (χ2n) is 3.99. The van der Waals surface area contributed by atoms with Crippen molar-refractivity contribution in [3.63, 3.8) is 0 Å². The number of nitrogens with zero attached hydrogens (tertiary/aromatic N) is 1. The lowest BCUT2D eigenvalue weighted by atomic mass is 9.81. The zero-order valence-corrected chi connectivity index (χ0v) is 8.71. The van der Waals surface area contributed by atoms with E-state index in [1.54, 1.807) is 0 Å². The van der Waals surface area contributed by atoms with Crippen LogP contribution in [0, 0.1) is 16.7 Å². The molecule has 1 saturated carbocycles. The maximum Gasteiger partial charge on any atom is 0.311 e. The molecule has 0 N–H and O–H groups in total. The SMILES string of the molecule is COC(=O)C1(CCCC#N)CCCC1. The van der Waals surface area contributed by atoms with Gasteiger partial charge in [-0.15, -0.1) is 0 Å². The van der Waals surface area contributed by atoms with E-state index in [-0.39, 0.29) is 11.4 Å². The van der Waals surface area contributed by atoms with Gasteiger partial charge >= 0.3 is 5.97 Å². The van der Waals surface area contributed by atoms with Gasteiger partial charge in [0.2, 0.25) is 0 Å². The molecule has 0 atom stereocenters. The number of ether oxygens (including phenoxy) is 1. The molecule has 0 aliphatic heterocycles. The van der Waals surface area contributed by atoms with E-state index in [0.717, 1.165) is 38.5 Å². The maximum absolute atomic E-state index is 11.6. The minimum atomic E-state index is -0.258. The van der Waals surface area contributed by atoms with Crippen LogP contribution in [0.2, 0.25) is 0 Å². The van der Waals surface area contributed by atoms with Gasteiger partial charge in [-0.1, -0.05) is 12.8 Å². The van der Waals surface area contributed by atoms with E-state index >= 15 is 0 Å². The minimum Gasteiger partial charge on any atom is -0.469 e. The second-order valence-corrected chi connectivity index (χ2v) is 3.99. The number of unbranched alkanes of at least 4 members (excludes halogenated alkanes) is 1. The predicted molar refractivity (Wildman–Crippen MR) is 52.4 cm³/mol. The summed E-state index contributed by atoms with van der Waals surface area (Å²) in [5.74, 6) is -0.0760. The summed E-state index contributed by atoms with van der Waals surface area (Å²) in [5.41, 5.74) is -0.258. The number of esters is 1. The monoisotopic (exact) mass is 195 g/mol. The Morgan fingerprint density at radius 2 is 2.14 bits per heavy atom. The van der Waals surface area contributed by atoms with E-state index in [2.05, 4.69) is 6.07 Å². The van der Waals surface area contributed by atoms with Crippen molar-refractivity contribution in [3.05, 3.63) is 0 Å². The van der Waals surface area contributed by atoms with Crippen LogP contribution in [0.5, 0.6) is 0 Å². The number of hydrogen-bond acceptors (Lipinski definition) is 3. The Morgan fingerprint density at radius 3 is 2.64 bits per heavy atom. The van der Waals surface area contributed by atoms with Crippen LogP contribution in [0.15, 0.2) is 0 Å². The molecule has 1 rings (SSSR count). The first kappa shape index (κ1) is 11.0. The highest BCUT2D eigenvalue weighted by Gasteiger charge is 2.41. The van der Waals surface area contributed by atoms with Gasteiger partial charge in [-0.05, 0) is 25.7 Å². The van der Waals surface area contributed by atoms with Crippen LogP contribution < -0.4 is 0 Å². The van der Waals surface area contributed by atoms with Crippen molar-refractivity contribution in [2.45, 2.75) is 44.9 Å². The van der Waals surface area contributed by atoms with Crippen molar-refractivity contribution in [1.82, 2.24) is 0 Å². The van der Waals surface area contributed by atoms with Gasteiger partial charge in [-0.3, -0.25) is 4.79 Å². The van der Waals surface area contributed by atoms with E-state index < -0.39 is 0 Å². The minimum absolute atomic E-state index is 0.0760. The van der Waals surface area contributed by atoms with Crippen molar-refractivity contribution < 1.29 is 9.53 Å². The number of carbonyl (C=O) groups is 1. The van der Waals surface area contributed by atoms with Gasteiger partial charge < -0.3 is 4.74 Å². The van der Waals surface area contributed by atoms with Crippen LogP contribution in [0.1, 0.15) is 44.9 Å². The first-order valence-electron chi connectivity index (χ1n) is 5.20. The van der Waals surface area contributed by atoms with Gasteiger partial charge in [0.1, 0.15) is 0 Å². The Morgan fingerprint density at radius 1 is 1.50 bits per heavy atom. The lowest BCUT2D eigenvalue weighted by Crippen LogP contribution is -2.29. The average Bonchev–Trinajstić information content (AvgIpc) is 2.67. The molecule has 0 radical (unpaired) electrons. The summed E-state index contributed by atoms with van der Waals surface area (Å²) in [4.78, 5) is 11.6. The smallest absolute Gasteiger partial charge is 0.311 e. The van der Waals surface area contributed by atoms with Crippen LogP contribution >= 0.6 is 0 Å². The molecule has 1 aliphatic carbocycles. The fraction of sp³-hybridized carbons (Fsp3) is 0.818. The maximum atomic E-state index is 11.6. The van der Waals surface area contributed by atoms with Crippen molar-refractivity contribution in [2.75, 3.05) is 7.11 Å². The molecular weight excluding hydrogens is 178 g/mol. The Hall–Kier alpha value is -1.04. The fourth-order valence-corrected chi connectivity index (χ4v) is 2.33. The van der Waals surface area contributed by atoms with Gasteiger partial charge in [0.15, 0.2) is 0 Å². The molecule has 0 heterocycles. The average molecular weight is 195 g/mol. The Bertz CT molecular complexity index is 236. The molecule has 3 heteroatoms. The number of carbonyl (C=O) groups excluding carboxylic acids is 1. The zero-order valence-electron chi connectivity index (χ0n) is 8.71. The highest BCUT2D eigenvalue weighted by Crippen LogP contribution is 2.43. The quantitative estimate of drug-likeness (QED) is 0.511. The van der Waals surface area contributed by atoms with E-state index in [9.17, 15) is 4.79 Å². The summed E-state index contributed by atoms with van der Waals surface area (Å²) in [5, 5.41) is 8.45. The van der Waals surface area contributed by atoms with Crippen LogP contribution in [0.25, 0.3) is 0 Å². The molecule has 1 fully saturated rings. The molecule has 0 saturated heterocycles. The summed E-state index contributed by atoms with van der Waals surface area (Å²) in [6, 6.07) is 2.11. The first-order valence-corrected chi connectivity index (χ1v) is 5.20. The third kappa shape index (κ3) is 2.25. The molecule has 0 aromatic carbocycles. The number of nitriles is 1. The van der Waals surface area contributed by atoms with E-state index in [0.29, 0.717) is 6.42 Å². The molecule has 0 bridgehead atoms. The molecule has 3 nitrogen and oxygen atoms in total. The molecule has 78 valence electrons. The van der Waals surface area contributed by atoms with Gasteiger partial charge in [-0.25, -0.2) is 0 Å². The molecule has 0 spiro atoms. The molecule has 0 aromatic rings. The summed E-state index contributed by atoms with van der Waals surface area (Å²) in [6.45, 7) is 0. The largest absolute Gasteiger partial charge is 0.469 e. The zero-order chi connectivity index (χ0) is 10.4. The second kappa shape index (κ2) is 4.99. The van der Waals surface area contributed by atoms with Crippen molar-refractivity contribution in [2.24, 2.45) is 5.41 Å². The Kier molecular flexibility index (Phi) is 3.94. The van der Waals surface area contributed by atoms with E-state index in [1.807, 2.05) is 0 Å². The van der Waals surface area contributed by atoms with E-state index in [4.69, 9.17) is 10.00 Å². The fourth-order valence-electron chi connectivity index (χ4n) is 2.33. The van der Waals surface area contributed by atoms with Gasteiger partial charge in [0, 0.05) is 6.42 Å². The van der Waals surface area contributed by atoms with Crippen LogP contribution in [0.4, 0.5) is 0 Å². The number of methoxy groups -OCH3 is 1. The lowest BCUT2D eigenvalue weighted by Gasteiger charge is -2.25. The van der Waals surface area contributed by atoms with Crippen LogP contribution in [0.3, 0.4) is 0 Å². The predicted octanol–water partition coefficient (Wildman–Crippen LogP) is 2.41. The molecule has 0 amide bonds. The van der Waals surface area contributed by atoms with E-state index in [1.165, 1.54) is 7.11 Å². The number of rotatable bonds is 4. The normalized spacial score (nSPS) is 18.9. The summed E-state index contributed by atoms with van der Waals surface area (Å²) in [7, 11) is 1.45. The van der Waals surface area contributed by atoms with Crippen molar-refractivity contribution in [3.8, 4) is 6.07 Å². The standard InChI is InChI=1S/C11H17NO2/c1-14-10(13)11(6-2-3-7-11)8-4-5-9-12/h2-8H2,1H3. The molecule has 1 aliphatic rings. The lowest BCUT2D eigenvalue weighted by molar-refractivity contribution is -0.153. The third-order valence-electron chi connectivity index (χ3n) is 3.12. The third-order valence-corrected chi connectivity index (χ3v) is 3.12.